The monoisotopic (exact) mass is 318 g/mol. The number of aromatic nitrogens is 1. The van der Waals surface area contributed by atoms with Crippen molar-refractivity contribution < 1.29 is 0 Å². The summed E-state index contributed by atoms with van der Waals surface area (Å²) in [5.74, 6) is 0. The van der Waals surface area contributed by atoms with E-state index in [-0.39, 0.29) is 0 Å². The van der Waals surface area contributed by atoms with Crippen molar-refractivity contribution in [3.05, 3.63) is 63.9 Å². The SMILES string of the molecule is CNC(Cc1ccc(C)cc1)Cc1ccc(Br)cn1. The van der Waals surface area contributed by atoms with E-state index in [0.717, 1.165) is 23.0 Å². The van der Waals surface area contributed by atoms with E-state index in [1.807, 2.05) is 19.3 Å². The summed E-state index contributed by atoms with van der Waals surface area (Å²) in [6.45, 7) is 2.12. The maximum absolute atomic E-state index is 4.43. The Hall–Kier alpha value is -1.19. The minimum absolute atomic E-state index is 0.413. The van der Waals surface area contributed by atoms with E-state index in [1.54, 1.807) is 0 Å². The van der Waals surface area contributed by atoms with Gasteiger partial charge in [0.15, 0.2) is 0 Å². The second-order valence-electron chi connectivity index (χ2n) is 4.85. The number of nitrogens with one attached hydrogen (secondary N) is 1. The number of likely N-dealkylation sites (N-methyl/N-ethyl adjacent to an activating group) is 1. The molecule has 1 heterocycles. The molecule has 0 amide bonds. The van der Waals surface area contributed by atoms with Gasteiger partial charge in [0.1, 0.15) is 0 Å². The summed E-state index contributed by atoms with van der Waals surface area (Å²) in [5.41, 5.74) is 3.79. The molecule has 0 bridgehead atoms. The molecule has 1 aromatic heterocycles. The van der Waals surface area contributed by atoms with E-state index >= 15 is 0 Å². The molecule has 1 unspecified atom stereocenters. The maximum Gasteiger partial charge on any atom is 0.0420 e. The molecule has 0 spiro atoms. The molecule has 1 aromatic carbocycles. The molecule has 100 valence electrons. The van der Waals surface area contributed by atoms with Gasteiger partial charge >= 0.3 is 0 Å². The average molecular weight is 319 g/mol. The summed E-state index contributed by atoms with van der Waals surface area (Å²) < 4.78 is 1.02. The molecular formula is C16H19BrN2. The van der Waals surface area contributed by atoms with E-state index in [4.69, 9.17) is 0 Å². The van der Waals surface area contributed by atoms with Crippen LogP contribution in [0.5, 0.6) is 0 Å². The van der Waals surface area contributed by atoms with Gasteiger partial charge in [0.25, 0.3) is 0 Å². The van der Waals surface area contributed by atoms with Crippen molar-refractivity contribution in [3.8, 4) is 0 Å². The number of halogens is 1. The van der Waals surface area contributed by atoms with E-state index in [9.17, 15) is 0 Å². The Morgan fingerprint density at radius 3 is 2.42 bits per heavy atom. The van der Waals surface area contributed by atoms with Crippen molar-refractivity contribution in [2.75, 3.05) is 7.05 Å². The normalized spacial score (nSPS) is 12.4. The van der Waals surface area contributed by atoms with Gasteiger partial charge in [-0.1, -0.05) is 29.8 Å². The van der Waals surface area contributed by atoms with Gasteiger partial charge in [-0.3, -0.25) is 4.98 Å². The van der Waals surface area contributed by atoms with E-state index in [1.165, 1.54) is 11.1 Å². The quantitative estimate of drug-likeness (QED) is 0.912. The third-order valence-electron chi connectivity index (χ3n) is 3.26. The highest BCUT2D eigenvalue weighted by Gasteiger charge is 2.09. The van der Waals surface area contributed by atoms with Gasteiger partial charge in [-0.2, -0.15) is 0 Å². The fourth-order valence-corrected chi connectivity index (χ4v) is 2.30. The van der Waals surface area contributed by atoms with Crippen LogP contribution >= 0.6 is 15.9 Å². The summed E-state index contributed by atoms with van der Waals surface area (Å²) in [6.07, 6.45) is 3.82. The van der Waals surface area contributed by atoms with E-state index in [2.05, 4.69) is 63.5 Å². The maximum atomic E-state index is 4.43. The zero-order valence-electron chi connectivity index (χ0n) is 11.4. The minimum atomic E-state index is 0.413. The molecular weight excluding hydrogens is 300 g/mol. The average Bonchev–Trinajstić information content (AvgIpc) is 2.43. The van der Waals surface area contributed by atoms with Crippen LogP contribution in [0, 0.1) is 6.92 Å². The Labute approximate surface area is 123 Å². The first-order valence-electron chi connectivity index (χ1n) is 6.50. The van der Waals surface area contributed by atoms with E-state index < -0.39 is 0 Å². The van der Waals surface area contributed by atoms with Crippen LogP contribution in [0.4, 0.5) is 0 Å². The van der Waals surface area contributed by atoms with Crippen LogP contribution in [0.3, 0.4) is 0 Å². The predicted octanol–water partition coefficient (Wildman–Crippen LogP) is 3.53. The van der Waals surface area contributed by atoms with E-state index in [0.29, 0.717) is 6.04 Å². The second kappa shape index (κ2) is 6.83. The van der Waals surface area contributed by atoms with Gasteiger partial charge in [0.2, 0.25) is 0 Å². The summed E-state index contributed by atoms with van der Waals surface area (Å²) >= 11 is 3.41. The number of rotatable bonds is 5. The third kappa shape index (κ3) is 4.44. The number of hydrogen-bond donors (Lipinski definition) is 1. The van der Waals surface area contributed by atoms with Crippen molar-refractivity contribution in [1.82, 2.24) is 10.3 Å². The summed E-state index contributed by atoms with van der Waals surface area (Å²) in [6, 6.07) is 13.3. The van der Waals surface area contributed by atoms with Crippen LogP contribution < -0.4 is 5.32 Å². The van der Waals surface area contributed by atoms with Crippen LogP contribution in [0.15, 0.2) is 47.1 Å². The summed E-state index contributed by atoms with van der Waals surface area (Å²) in [7, 11) is 2.01. The third-order valence-corrected chi connectivity index (χ3v) is 3.72. The highest BCUT2D eigenvalue weighted by atomic mass is 79.9. The van der Waals surface area contributed by atoms with Gasteiger partial charge in [0, 0.05) is 28.8 Å². The van der Waals surface area contributed by atoms with Crippen LogP contribution in [0.1, 0.15) is 16.8 Å². The fourth-order valence-electron chi connectivity index (χ4n) is 2.06. The molecule has 19 heavy (non-hydrogen) atoms. The molecule has 0 aliphatic carbocycles. The van der Waals surface area contributed by atoms with Crippen molar-refractivity contribution >= 4 is 15.9 Å². The lowest BCUT2D eigenvalue weighted by molar-refractivity contribution is 0.550. The molecule has 0 aliphatic heterocycles. The molecule has 0 radical (unpaired) electrons. The van der Waals surface area contributed by atoms with Gasteiger partial charge < -0.3 is 5.32 Å². The first-order chi connectivity index (χ1) is 9.17. The number of hydrogen-bond acceptors (Lipinski definition) is 2. The Balaban J connectivity index is 2.00. The lowest BCUT2D eigenvalue weighted by Gasteiger charge is -2.16. The lowest BCUT2D eigenvalue weighted by Crippen LogP contribution is -2.30. The van der Waals surface area contributed by atoms with Gasteiger partial charge in [-0.25, -0.2) is 0 Å². The molecule has 0 aliphatic rings. The van der Waals surface area contributed by atoms with Crippen LogP contribution in [0.25, 0.3) is 0 Å². The first-order valence-corrected chi connectivity index (χ1v) is 7.30. The van der Waals surface area contributed by atoms with Crippen molar-refractivity contribution in [2.24, 2.45) is 0 Å². The van der Waals surface area contributed by atoms with Crippen LogP contribution in [0.2, 0.25) is 0 Å². The van der Waals surface area contributed by atoms with Gasteiger partial charge in [-0.15, -0.1) is 0 Å². The second-order valence-corrected chi connectivity index (χ2v) is 5.76. The molecule has 1 N–H and O–H groups in total. The molecule has 0 saturated carbocycles. The van der Waals surface area contributed by atoms with Gasteiger partial charge in [-0.05, 0) is 54.0 Å². The Morgan fingerprint density at radius 2 is 1.84 bits per heavy atom. The smallest absolute Gasteiger partial charge is 0.0420 e. The van der Waals surface area contributed by atoms with Crippen molar-refractivity contribution in [2.45, 2.75) is 25.8 Å². The highest BCUT2D eigenvalue weighted by molar-refractivity contribution is 9.10. The predicted molar refractivity (Wildman–Crippen MR) is 83.4 cm³/mol. The molecule has 3 heteroatoms. The van der Waals surface area contributed by atoms with Gasteiger partial charge in [0.05, 0.1) is 0 Å². The first kappa shape index (κ1) is 14.2. The zero-order chi connectivity index (χ0) is 13.7. The van der Waals surface area contributed by atoms with Crippen LogP contribution in [-0.4, -0.2) is 18.1 Å². The number of pyridine rings is 1. The molecule has 2 rings (SSSR count). The molecule has 0 saturated heterocycles. The van der Waals surface area contributed by atoms with Crippen LogP contribution in [-0.2, 0) is 12.8 Å². The highest BCUT2D eigenvalue weighted by Crippen LogP contribution is 2.11. The largest absolute Gasteiger partial charge is 0.316 e. The molecule has 2 aromatic rings. The Bertz CT molecular complexity index is 458. The Morgan fingerprint density at radius 1 is 1.11 bits per heavy atom. The number of nitrogens with zero attached hydrogens (tertiary/aromatic N) is 1. The van der Waals surface area contributed by atoms with Crippen molar-refractivity contribution in [1.29, 1.82) is 0 Å². The molecule has 0 fully saturated rings. The van der Waals surface area contributed by atoms with Crippen molar-refractivity contribution in [3.63, 3.8) is 0 Å². The lowest BCUT2D eigenvalue weighted by atomic mass is 10.0. The number of aryl methyl sites for hydroxylation is 1. The molecule has 2 nitrogen and oxygen atoms in total. The minimum Gasteiger partial charge on any atom is -0.316 e. The summed E-state index contributed by atoms with van der Waals surface area (Å²) in [4.78, 5) is 4.43. The zero-order valence-corrected chi connectivity index (χ0v) is 12.9. The fraction of sp³-hybridized carbons (Fsp3) is 0.312. The summed E-state index contributed by atoms with van der Waals surface area (Å²) in [5, 5.41) is 3.38. The Kier molecular flexibility index (Phi) is 5.11. The standard InChI is InChI=1S/C16H19BrN2/c1-12-3-5-13(6-4-12)9-16(18-2)10-15-8-7-14(17)11-19-15/h3-8,11,16,18H,9-10H2,1-2H3. The molecule has 1 atom stereocenters. The number of benzene rings is 1. The topological polar surface area (TPSA) is 24.9 Å².